The van der Waals surface area contributed by atoms with Crippen LogP contribution in [-0.4, -0.2) is 24.2 Å². The Morgan fingerprint density at radius 3 is 2.81 bits per heavy atom. The third-order valence-electron chi connectivity index (χ3n) is 1.60. The number of carboxylic acid groups (broad SMARTS) is 1. The van der Waals surface area contributed by atoms with Gasteiger partial charge in [-0.2, -0.15) is 0 Å². The second kappa shape index (κ2) is 8.02. The van der Waals surface area contributed by atoms with Crippen molar-refractivity contribution in [2.45, 2.75) is 6.92 Å². The molecule has 6 heteroatoms. The quantitative estimate of drug-likeness (QED) is 0.705. The Balaban J connectivity index is 0.00000225. The monoisotopic (exact) mass is 251 g/mol. The fourth-order valence-electron chi connectivity index (χ4n) is 1.04. The molecule has 0 atom stereocenters. The number of hydrogen-bond acceptors (Lipinski definition) is 2. The predicted molar refractivity (Wildman–Crippen MR) is 53.1 cm³/mol. The van der Waals surface area contributed by atoms with Gasteiger partial charge in [-0.1, -0.05) is 18.7 Å². The minimum Gasteiger partial charge on any atom is -0.682 e. The summed E-state index contributed by atoms with van der Waals surface area (Å²) in [6.07, 6.45) is 0. The summed E-state index contributed by atoms with van der Waals surface area (Å²) in [7, 11) is 0. The van der Waals surface area contributed by atoms with Crippen molar-refractivity contribution in [3.05, 3.63) is 29.3 Å². The molecule has 0 amide bonds. The first-order valence-corrected chi connectivity index (χ1v) is 4.45. The summed E-state index contributed by atoms with van der Waals surface area (Å²) in [6.45, 7) is 1.84. The fraction of sp³-hybridized carbons (Fsp3) is 0.300. The number of nitrogens with zero attached hydrogens (tertiary/aromatic N) is 1. The molecule has 0 aliphatic rings. The first kappa shape index (κ1) is 15.9. The van der Waals surface area contributed by atoms with Gasteiger partial charge in [-0.15, -0.1) is 6.54 Å². The van der Waals surface area contributed by atoms with Gasteiger partial charge in [-0.3, -0.25) is 0 Å². The fourth-order valence-corrected chi connectivity index (χ4v) is 1.04. The standard InChI is InChI=1S/C10H11FNO3.K/c1-2-12-8-4-3-7(11)5-9(8)15-6-10(13)14;/h3-5H,2,6H2,1H3,(H,13,14);/q-1;+1. The zero-order chi connectivity index (χ0) is 11.3. The van der Waals surface area contributed by atoms with Gasteiger partial charge in [0.2, 0.25) is 0 Å². The Labute approximate surface area is 136 Å². The Hall–Kier alpha value is -0.144. The number of ether oxygens (including phenoxy) is 1. The van der Waals surface area contributed by atoms with Crippen LogP contribution in [-0.2, 0) is 4.79 Å². The molecular weight excluding hydrogens is 240 g/mol. The molecule has 0 aliphatic carbocycles. The van der Waals surface area contributed by atoms with E-state index >= 15 is 0 Å². The summed E-state index contributed by atoms with van der Waals surface area (Å²) >= 11 is 0. The van der Waals surface area contributed by atoms with Crippen LogP contribution >= 0.6 is 0 Å². The van der Waals surface area contributed by atoms with Crippen LogP contribution in [0, 0.1) is 5.82 Å². The molecule has 1 aromatic rings. The predicted octanol–water partition coefficient (Wildman–Crippen LogP) is -0.682. The Kier molecular flexibility index (Phi) is 7.95. The van der Waals surface area contributed by atoms with Crippen molar-refractivity contribution in [2.75, 3.05) is 13.2 Å². The number of carboxylic acids is 1. The normalized spacial score (nSPS) is 9.12. The van der Waals surface area contributed by atoms with Gasteiger partial charge in [0, 0.05) is 6.07 Å². The average Bonchev–Trinajstić information content (AvgIpc) is 2.18. The van der Waals surface area contributed by atoms with Crippen LogP contribution in [0.4, 0.5) is 10.1 Å². The van der Waals surface area contributed by atoms with Gasteiger partial charge in [-0.05, 0) is 6.07 Å². The number of aliphatic carboxylic acids is 1. The molecule has 0 aliphatic heterocycles. The molecule has 0 bridgehead atoms. The molecule has 0 spiro atoms. The zero-order valence-corrected chi connectivity index (χ0v) is 12.4. The Bertz CT molecular complexity index is 360. The molecule has 4 nitrogen and oxygen atoms in total. The largest absolute Gasteiger partial charge is 1.00 e. The van der Waals surface area contributed by atoms with Crippen molar-refractivity contribution in [2.24, 2.45) is 0 Å². The second-order valence-electron chi connectivity index (χ2n) is 2.77. The van der Waals surface area contributed by atoms with E-state index in [1.165, 1.54) is 12.1 Å². The number of halogens is 1. The van der Waals surface area contributed by atoms with E-state index < -0.39 is 18.4 Å². The summed E-state index contributed by atoms with van der Waals surface area (Å²) in [4.78, 5) is 10.3. The smallest absolute Gasteiger partial charge is 0.682 e. The zero-order valence-electron chi connectivity index (χ0n) is 9.24. The van der Waals surface area contributed by atoms with Gasteiger partial charge in [0.15, 0.2) is 6.61 Å². The van der Waals surface area contributed by atoms with Gasteiger partial charge in [-0.25, -0.2) is 9.18 Å². The van der Waals surface area contributed by atoms with Crippen molar-refractivity contribution in [1.29, 1.82) is 0 Å². The third-order valence-corrected chi connectivity index (χ3v) is 1.60. The molecule has 1 N–H and O–H groups in total. The maximum absolute atomic E-state index is 12.8. The van der Waals surface area contributed by atoms with E-state index in [0.29, 0.717) is 12.2 Å². The van der Waals surface area contributed by atoms with Gasteiger partial charge >= 0.3 is 57.4 Å². The van der Waals surface area contributed by atoms with Crippen LogP contribution < -0.4 is 56.1 Å². The summed E-state index contributed by atoms with van der Waals surface area (Å²) in [5.74, 6) is -1.44. The maximum Gasteiger partial charge on any atom is 1.00 e. The molecule has 0 heterocycles. The molecule has 0 saturated carbocycles. The average molecular weight is 251 g/mol. The van der Waals surface area contributed by atoms with Crippen LogP contribution in [0.1, 0.15) is 6.92 Å². The minimum absolute atomic E-state index is 0. The Morgan fingerprint density at radius 1 is 1.56 bits per heavy atom. The summed E-state index contributed by atoms with van der Waals surface area (Å²) in [5.41, 5.74) is 0.458. The first-order valence-electron chi connectivity index (χ1n) is 4.45. The minimum atomic E-state index is -1.11. The number of benzene rings is 1. The van der Waals surface area contributed by atoms with E-state index in [9.17, 15) is 9.18 Å². The van der Waals surface area contributed by atoms with Crippen LogP contribution in [0.3, 0.4) is 0 Å². The van der Waals surface area contributed by atoms with Crippen molar-refractivity contribution in [3.63, 3.8) is 0 Å². The van der Waals surface area contributed by atoms with Crippen LogP contribution in [0.2, 0.25) is 0 Å². The summed E-state index contributed by atoms with van der Waals surface area (Å²) in [6, 6.07) is 3.83. The van der Waals surface area contributed by atoms with Gasteiger partial charge in [0.1, 0.15) is 11.6 Å². The van der Waals surface area contributed by atoms with Crippen molar-refractivity contribution >= 4 is 11.7 Å². The summed E-state index contributed by atoms with van der Waals surface area (Å²) < 4.78 is 17.7. The number of carbonyl (C=O) groups is 1. The maximum atomic E-state index is 12.8. The summed E-state index contributed by atoms with van der Waals surface area (Å²) in [5, 5.41) is 12.5. The van der Waals surface area contributed by atoms with Crippen LogP contribution in [0.15, 0.2) is 18.2 Å². The Morgan fingerprint density at radius 2 is 2.25 bits per heavy atom. The second-order valence-corrected chi connectivity index (χ2v) is 2.77. The van der Waals surface area contributed by atoms with E-state index in [2.05, 4.69) is 5.32 Å². The van der Waals surface area contributed by atoms with E-state index in [1.54, 1.807) is 0 Å². The number of hydrogen-bond donors (Lipinski definition) is 1. The first-order chi connectivity index (χ1) is 7.13. The SMILES string of the molecule is CC[N-]c1ccc(F)cc1OCC(=O)O.[K+]. The molecule has 82 valence electrons. The molecule has 0 radical (unpaired) electrons. The van der Waals surface area contributed by atoms with E-state index in [1.807, 2.05) is 6.92 Å². The van der Waals surface area contributed by atoms with E-state index in [4.69, 9.17) is 9.84 Å². The molecule has 0 fully saturated rings. The van der Waals surface area contributed by atoms with Gasteiger partial charge in [0.05, 0.1) is 0 Å². The molecular formula is C10H11FKNO3. The third kappa shape index (κ3) is 5.27. The van der Waals surface area contributed by atoms with Crippen LogP contribution in [0.5, 0.6) is 5.75 Å². The van der Waals surface area contributed by atoms with Gasteiger partial charge < -0.3 is 15.2 Å². The van der Waals surface area contributed by atoms with Crippen molar-refractivity contribution in [3.8, 4) is 5.75 Å². The van der Waals surface area contributed by atoms with Crippen LogP contribution in [0.25, 0.3) is 5.32 Å². The van der Waals surface area contributed by atoms with Crippen molar-refractivity contribution < 1.29 is 70.4 Å². The van der Waals surface area contributed by atoms with E-state index in [0.717, 1.165) is 6.07 Å². The molecule has 1 rings (SSSR count). The molecule has 0 saturated heterocycles. The molecule has 0 unspecified atom stereocenters. The number of rotatable bonds is 5. The topological polar surface area (TPSA) is 60.6 Å². The van der Waals surface area contributed by atoms with Gasteiger partial charge in [0.25, 0.3) is 0 Å². The molecule has 16 heavy (non-hydrogen) atoms. The molecule has 0 aromatic heterocycles. The van der Waals surface area contributed by atoms with Crippen molar-refractivity contribution in [1.82, 2.24) is 0 Å². The van der Waals surface area contributed by atoms with E-state index in [-0.39, 0.29) is 57.1 Å². The molecule has 1 aromatic carbocycles.